The van der Waals surface area contributed by atoms with Crippen molar-refractivity contribution < 1.29 is 5.21 Å². The molecular formula is C13H10BrClN2OS. The van der Waals surface area contributed by atoms with Gasteiger partial charge in [-0.2, -0.15) is 0 Å². The lowest BCUT2D eigenvalue weighted by Crippen LogP contribution is -2.14. The molecule has 0 fully saturated rings. The van der Waals surface area contributed by atoms with Gasteiger partial charge in [-0.15, -0.1) is 0 Å². The zero-order valence-corrected chi connectivity index (χ0v) is 12.8. The predicted octanol–water partition coefficient (Wildman–Crippen LogP) is 4.35. The normalized spacial score (nSPS) is 11.6. The summed E-state index contributed by atoms with van der Waals surface area (Å²) >= 11 is 11.1. The molecular weight excluding hydrogens is 348 g/mol. The van der Waals surface area contributed by atoms with Crippen LogP contribution < -0.4 is 5.73 Å². The van der Waals surface area contributed by atoms with Crippen LogP contribution in [0.4, 0.5) is 0 Å². The second kappa shape index (κ2) is 6.32. The summed E-state index contributed by atoms with van der Waals surface area (Å²) in [7, 11) is 0. The second-order valence-electron chi connectivity index (χ2n) is 3.63. The first-order chi connectivity index (χ1) is 9.13. The fourth-order valence-corrected chi connectivity index (χ4v) is 3.40. The van der Waals surface area contributed by atoms with Crippen molar-refractivity contribution in [2.75, 3.05) is 0 Å². The summed E-state index contributed by atoms with van der Waals surface area (Å²) < 4.78 is 0.977. The molecule has 0 amide bonds. The molecule has 0 unspecified atom stereocenters. The van der Waals surface area contributed by atoms with Crippen LogP contribution in [0.2, 0.25) is 5.02 Å². The van der Waals surface area contributed by atoms with Crippen molar-refractivity contribution in [3.63, 3.8) is 0 Å². The van der Waals surface area contributed by atoms with E-state index in [1.807, 2.05) is 36.4 Å². The van der Waals surface area contributed by atoms with Gasteiger partial charge < -0.3 is 10.9 Å². The van der Waals surface area contributed by atoms with Crippen LogP contribution in [0.1, 0.15) is 5.56 Å². The molecule has 0 aliphatic rings. The minimum atomic E-state index is 0.000142. The summed E-state index contributed by atoms with van der Waals surface area (Å²) in [6.45, 7) is 0. The minimum Gasteiger partial charge on any atom is -0.409 e. The molecule has 19 heavy (non-hydrogen) atoms. The highest BCUT2D eigenvalue weighted by Gasteiger charge is 2.13. The number of rotatable bonds is 3. The van der Waals surface area contributed by atoms with Crippen molar-refractivity contribution in [2.24, 2.45) is 10.9 Å². The highest BCUT2D eigenvalue weighted by Crippen LogP contribution is 2.37. The van der Waals surface area contributed by atoms with Gasteiger partial charge in [0.2, 0.25) is 0 Å². The van der Waals surface area contributed by atoms with Crippen LogP contribution in [0.5, 0.6) is 0 Å². The molecule has 3 N–H and O–H groups in total. The van der Waals surface area contributed by atoms with Crippen LogP contribution in [0.25, 0.3) is 0 Å². The third-order valence-electron chi connectivity index (χ3n) is 2.40. The maximum atomic E-state index is 8.84. The lowest BCUT2D eigenvalue weighted by Gasteiger charge is -2.10. The summed E-state index contributed by atoms with van der Waals surface area (Å²) in [6.07, 6.45) is 0. The summed E-state index contributed by atoms with van der Waals surface area (Å²) in [4.78, 5) is 1.85. The van der Waals surface area contributed by atoms with Crippen molar-refractivity contribution in [1.29, 1.82) is 0 Å². The molecule has 0 saturated heterocycles. The zero-order chi connectivity index (χ0) is 13.8. The molecule has 3 nitrogen and oxygen atoms in total. The van der Waals surface area contributed by atoms with E-state index in [0.29, 0.717) is 10.6 Å². The van der Waals surface area contributed by atoms with Crippen molar-refractivity contribution in [3.8, 4) is 0 Å². The molecule has 0 aromatic heterocycles. The Morgan fingerprint density at radius 3 is 2.53 bits per heavy atom. The van der Waals surface area contributed by atoms with Gasteiger partial charge in [0.05, 0.1) is 10.6 Å². The van der Waals surface area contributed by atoms with E-state index in [0.717, 1.165) is 14.3 Å². The van der Waals surface area contributed by atoms with E-state index in [-0.39, 0.29) is 5.84 Å². The van der Waals surface area contributed by atoms with Gasteiger partial charge in [-0.05, 0) is 40.2 Å². The molecule has 0 saturated carbocycles. The van der Waals surface area contributed by atoms with Crippen LogP contribution in [-0.4, -0.2) is 11.0 Å². The van der Waals surface area contributed by atoms with Crippen LogP contribution in [0, 0.1) is 0 Å². The number of hydrogen-bond donors (Lipinski definition) is 2. The Labute approximate surface area is 128 Å². The number of nitrogens with zero attached hydrogens (tertiary/aromatic N) is 1. The molecule has 0 atom stereocenters. The lowest BCUT2D eigenvalue weighted by atomic mass is 10.2. The van der Waals surface area contributed by atoms with Gasteiger partial charge in [-0.25, -0.2) is 0 Å². The number of hydrogen-bond acceptors (Lipinski definition) is 3. The number of halogens is 2. The van der Waals surface area contributed by atoms with Crippen molar-refractivity contribution in [3.05, 3.63) is 57.5 Å². The summed E-state index contributed by atoms with van der Waals surface area (Å²) in [6, 6.07) is 13.2. The standard InChI is InChI=1S/C13H10BrClN2OS/c14-8-4-1-2-6-10(8)19-11-7-3-5-9(15)12(11)13(16)17-18/h1-7,18H,(H2,16,17). The zero-order valence-electron chi connectivity index (χ0n) is 9.68. The first kappa shape index (κ1) is 14.2. The van der Waals surface area contributed by atoms with Gasteiger partial charge in [0, 0.05) is 14.3 Å². The van der Waals surface area contributed by atoms with Gasteiger partial charge in [0.1, 0.15) is 0 Å². The Balaban J connectivity index is 2.47. The van der Waals surface area contributed by atoms with E-state index in [2.05, 4.69) is 21.1 Å². The molecule has 2 aromatic carbocycles. The minimum absolute atomic E-state index is 0.000142. The van der Waals surface area contributed by atoms with E-state index in [1.54, 1.807) is 6.07 Å². The van der Waals surface area contributed by atoms with Crippen molar-refractivity contribution >= 4 is 45.1 Å². The molecule has 0 radical (unpaired) electrons. The molecule has 2 aromatic rings. The SMILES string of the molecule is NC(=NO)c1c(Cl)cccc1Sc1ccccc1Br. The van der Waals surface area contributed by atoms with Crippen LogP contribution >= 0.6 is 39.3 Å². The van der Waals surface area contributed by atoms with Gasteiger partial charge in [-0.1, -0.05) is 46.7 Å². The van der Waals surface area contributed by atoms with E-state index < -0.39 is 0 Å². The van der Waals surface area contributed by atoms with E-state index in [1.165, 1.54) is 11.8 Å². The van der Waals surface area contributed by atoms with Gasteiger partial charge in [-0.3, -0.25) is 0 Å². The highest BCUT2D eigenvalue weighted by atomic mass is 79.9. The first-order valence-electron chi connectivity index (χ1n) is 5.32. The quantitative estimate of drug-likeness (QED) is 0.371. The maximum Gasteiger partial charge on any atom is 0.172 e. The second-order valence-corrected chi connectivity index (χ2v) is 5.98. The number of amidine groups is 1. The Kier molecular flexibility index (Phi) is 4.74. The van der Waals surface area contributed by atoms with Crippen LogP contribution in [-0.2, 0) is 0 Å². The van der Waals surface area contributed by atoms with E-state index in [4.69, 9.17) is 22.5 Å². The molecule has 2 rings (SSSR count). The maximum absolute atomic E-state index is 8.84. The number of oxime groups is 1. The van der Waals surface area contributed by atoms with E-state index >= 15 is 0 Å². The Bertz CT molecular complexity index is 634. The smallest absolute Gasteiger partial charge is 0.172 e. The summed E-state index contributed by atoms with van der Waals surface area (Å²) in [5.41, 5.74) is 6.21. The van der Waals surface area contributed by atoms with E-state index in [9.17, 15) is 0 Å². The van der Waals surface area contributed by atoms with Gasteiger partial charge in [0.25, 0.3) is 0 Å². The third-order valence-corrected chi connectivity index (χ3v) is 4.80. The molecule has 98 valence electrons. The highest BCUT2D eigenvalue weighted by molar-refractivity contribution is 9.10. The fraction of sp³-hybridized carbons (Fsp3) is 0. The lowest BCUT2D eigenvalue weighted by molar-refractivity contribution is 0.318. The average Bonchev–Trinajstić information content (AvgIpc) is 2.41. The van der Waals surface area contributed by atoms with Gasteiger partial charge >= 0.3 is 0 Å². The molecule has 0 aliphatic carbocycles. The third kappa shape index (κ3) is 3.23. The number of nitrogens with two attached hydrogens (primary N) is 1. The molecule has 0 bridgehead atoms. The van der Waals surface area contributed by atoms with Crippen molar-refractivity contribution in [1.82, 2.24) is 0 Å². The van der Waals surface area contributed by atoms with Crippen LogP contribution in [0.3, 0.4) is 0 Å². The average molecular weight is 358 g/mol. The molecule has 0 aliphatic heterocycles. The first-order valence-corrected chi connectivity index (χ1v) is 7.31. The van der Waals surface area contributed by atoms with Crippen LogP contribution in [0.15, 0.2) is 61.9 Å². The fourth-order valence-electron chi connectivity index (χ4n) is 1.53. The monoisotopic (exact) mass is 356 g/mol. The Hall–Kier alpha value is -1.17. The Morgan fingerprint density at radius 2 is 1.84 bits per heavy atom. The molecule has 0 spiro atoms. The predicted molar refractivity (Wildman–Crippen MR) is 82.2 cm³/mol. The van der Waals surface area contributed by atoms with Crippen molar-refractivity contribution in [2.45, 2.75) is 9.79 Å². The molecule has 6 heteroatoms. The Morgan fingerprint density at radius 1 is 1.16 bits per heavy atom. The summed E-state index contributed by atoms with van der Waals surface area (Å²) in [5.74, 6) is 0.000142. The van der Waals surface area contributed by atoms with Gasteiger partial charge in [0.15, 0.2) is 5.84 Å². The molecule has 0 heterocycles. The topological polar surface area (TPSA) is 58.6 Å². The number of benzene rings is 2. The summed E-state index contributed by atoms with van der Waals surface area (Å²) in [5, 5.41) is 12.3. The largest absolute Gasteiger partial charge is 0.409 e.